The van der Waals surface area contributed by atoms with Gasteiger partial charge in [-0.1, -0.05) is 6.07 Å². The van der Waals surface area contributed by atoms with Crippen molar-refractivity contribution in [3.63, 3.8) is 0 Å². The van der Waals surface area contributed by atoms with E-state index in [-0.39, 0.29) is 5.92 Å². The van der Waals surface area contributed by atoms with Crippen molar-refractivity contribution < 1.29 is 13.2 Å². The number of hydrogen-bond acceptors (Lipinski definition) is 1. The highest BCUT2D eigenvalue weighted by atomic mass is 19.2. The van der Waals surface area contributed by atoms with Crippen LogP contribution in [0.3, 0.4) is 0 Å². The molecule has 2 atom stereocenters. The van der Waals surface area contributed by atoms with Gasteiger partial charge in [0.05, 0.1) is 5.56 Å². The molecule has 1 N–H and O–H groups in total. The van der Waals surface area contributed by atoms with Crippen molar-refractivity contribution in [1.29, 1.82) is 0 Å². The summed E-state index contributed by atoms with van der Waals surface area (Å²) >= 11 is 0. The summed E-state index contributed by atoms with van der Waals surface area (Å²) < 4.78 is 41.9. The van der Waals surface area contributed by atoms with Gasteiger partial charge >= 0.3 is 0 Å². The Morgan fingerprint density at radius 2 is 1.94 bits per heavy atom. The number of nitrogens with one attached hydrogen (secondary N) is 1. The number of hydrogen-bond donors (Lipinski definition) is 1. The molecule has 1 fully saturated rings. The van der Waals surface area contributed by atoms with E-state index >= 15 is 0 Å². The van der Waals surface area contributed by atoms with E-state index in [0.29, 0.717) is 13.0 Å². The van der Waals surface area contributed by atoms with Crippen LogP contribution in [-0.2, 0) is 5.67 Å². The average Bonchev–Trinajstić information content (AvgIpc) is 2.29. The minimum atomic E-state index is -1.97. The predicted octanol–water partition coefficient (Wildman–Crippen LogP) is 3.15. The van der Waals surface area contributed by atoms with E-state index < -0.39 is 22.9 Å². The van der Waals surface area contributed by atoms with Crippen LogP contribution in [0.1, 0.15) is 25.3 Å². The molecule has 0 aromatic heterocycles. The summed E-state index contributed by atoms with van der Waals surface area (Å²) in [5.74, 6) is -2.00. The largest absolute Gasteiger partial charge is 0.316 e. The molecule has 0 radical (unpaired) electrons. The number of halogens is 3. The molecule has 1 saturated heterocycles. The van der Waals surface area contributed by atoms with Crippen molar-refractivity contribution in [2.45, 2.75) is 25.4 Å². The van der Waals surface area contributed by atoms with Gasteiger partial charge in [0.1, 0.15) is 17.3 Å². The fourth-order valence-corrected chi connectivity index (χ4v) is 2.48. The lowest BCUT2D eigenvalue weighted by atomic mass is 9.80. The number of rotatable bonds is 2. The van der Waals surface area contributed by atoms with Crippen LogP contribution in [-0.4, -0.2) is 13.1 Å². The topological polar surface area (TPSA) is 12.0 Å². The van der Waals surface area contributed by atoms with Crippen molar-refractivity contribution in [1.82, 2.24) is 5.32 Å². The summed E-state index contributed by atoms with van der Waals surface area (Å²) in [6.45, 7) is 2.57. The minimum Gasteiger partial charge on any atom is -0.316 e. The SMILES string of the molecule is CC(F)(c1c(F)cccc1F)C1CCCNC1. The van der Waals surface area contributed by atoms with E-state index in [9.17, 15) is 13.2 Å². The first-order valence-corrected chi connectivity index (χ1v) is 5.87. The van der Waals surface area contributed by atoms with Crippen molar-refractivity contribution in [2.75, 3.05) is 13.1 Å². The summed E-state index contributed by atoms with van der Waals surface area (Å²) in [5.41, 5.74) is -2.41. The van der Waals surface area contributed by atoms with Gasteiger partial charge in [-0.3, -0.25) is 0 Å². The van der Waals surface area contributed by atoms with E-state index in [4.69, 9.17) is 0 Å². The lowest BCUT2D eigenvalue weighted by Crippen LogP contribution is -2.40. The standard InChI is InChI=1S/C13H16F3N/c1-13(16,9-4-3-7-17-8-9)12-10(14)5-2-6-11(12)15/h2,5-6,9,17H,3-4,7-8H2,1H3. The first-order valence-electron chi connectivity index (χ1n) is 5.87. The molecule has 1 heterocycles. The van der Waals surface area contributed by atoms with Gasteiger partial charge in [0.25, 0.3) is 0 Å². The van der Waals surface area contributed by atoms with E-state index in [0.717, 1.165) is 25.1 Å². The van der Waals surface area contributed by atoms with Gasteiger partial charge in [-0.05, 0) is 38.4 Å². The molecule has 2 unspecified atom stereocenters. The van der Waals surface area contributed by atoms with Crippen molar-refractivity contribution in [2.24, 2.45) is 5.92 Å². The Kier molecular flexibility index (Phi) is 3.43. The van der Waals surface area contributed by atoms with Crippen LogP contribution in [0.5, 0.6) is 0 Å². The molecule has 4 heteroatoms. The van der Waals surface area contributed by atoms with Gasteiger partial charge in [0.2, 0.25) is 0 Å². The third-order valence-electron chi connectivity index (χ3n) is 3.52. The number of benzene rings is 1. The Bertz CT molecular complexity index is 377. The van der Waals surface area contributed by atoms with Crippen molar-refractivity contribution in [3.8, 4) is 0 Å². The number of piperidine rings is 1. The molecular weight excluding hydrogens is 227 g/mol. The molecule has 94 valence electrons. The molecule has 1 aromatic rings. The Morgan fingerprint density at radius 3 is 2.47 bits per heavy atom. The Hall–Kier alpha value is -1.03. The van der Waals surface area contributed by atoms with Crippen molar-refractivity contribution in [3.05, 3.63) is 35.4 Å². The lowest BCUT2D eigenvalue weighted by Gasteiger charge is -2.34. The molecule has 1 aromatic carbocycles. The van der Waals surface area contributed by atoms with Crippen LogP contribution in [0.2, 0.25) is 0 Å². The molecule has 2 rings (SSSR count). The molecular formula is C13H16F3N. The zero-order valence-electron chi connectivity index (χ0n) is 9.77. The molecule has 1 nitrogen and oxygen atoms in total. The molecule has 1 aliphatic heterocycles. The summed E-state index contributed by atoms with van der Waals surface area (Å²) in [4.78, 5) is 0. The second-order valence-corrected chi connectivity index (χ2v) is 4.72. The van der Waals surface area contributed by atoms with E-state index in [1.807, 2.05) is 0 Å². The maximum Gasteiger partial charge on any atom is 0.142 e. The van der Waals surface area contributed by atoms with Gasteiger partial charge in [0.15, 0.2) is 0 Å². The zero-order chi connectivity index (χ0) is 12.5. The van der Waals surface area contributed by atoms with E-state index in [1.54, 1.807) is 0 Å². The van der Waals surface area contributed by atoms with Gasteiger partial charge < -0.3 is 5.32 Å². The first kappa shape index (κ1) is 12.4. The zero-order valence-corrected chi connectivity index (χ0v) is 9.77. The quantitative estimate of drug-likeness (QED) is 0.841. The fourth-order valence-electron chi connectivity index (χ4n) is 2.48. The fraction of sp³-hybridized carbons (Fsp3) is 0.538. The van der Waals surface area contributed by atoms with Gasteiger partial charge in [0, 0.05) is 12.5 Å². The third-order valence-corrected chi connectivity index (χ3v) is 3.52. The Balaban J connectivity index is 2.36. The highest BCUT2D eigenvalue weighted by Gasteiger charge is 2.40. The molecule has 1 aliphatic rings. The minimum absolute atomic E-state index is 0.386. The van der Waals surface area contributed by atoms with Crippen LogP contribution in [0.4, 0.5) is 13.2 Å². The Labute approximate surface area is 99.0 Å². The highest BCUT2D eigenvalue weighted by Crippen LogP contribution is 2.39. The predicted molar refractivity (Wildman–Crippen MR) is 60.4 cm³/mol. The summed E-state index contributed by atoms with van der Waals surface area (Å²) in [6.07, 6.45) is 1.48. The molecule has 0 saturated carbocycles. The second kappa shape index (κ2) is 4.69. The lowest BCUT2D eigenvalue weighted by molar-refractivity contribution is 0.0730. The number of alkyl halides is 1. The van der Waals surface area contributed by atoms with E-state index in [1.165, 1.54) is 13.0 Å². The van der Waals surface area contributed by atoms with Gasteiger partial charge in [-0.2, -0.15) is 0 Å². The Morgan fingerprint density at radius 1 is 1.29 bits per heavy atom. The maximum absolute atomic E-state index is 14.7. The maximum atomic E-state index is 14.7. The monoisotopic (exact) mass is 243 g/mol. The van der Waals surface area contributed by atoms with Crippen LogP contribution >= 0.6 is 0 Å². The van der Waals surface area contributed by atoms with Gasteiger partial charge in [-0.15, -0.1) is 0 Å². The molecule has 0 spiro atoms. The first-order chi connectivity index (χ1) is 8.03. The van der Waals surface area contributed by atoms with Crippen molar-refractivity contribution >= 4 is 0 Å². The molecule has 0 amide bonds. The molecule has 0 aliphatic carbocycles. The molecule has 0 bridgehead atoms. The van der Waals surface area contributed by atoms with Crippen LogP contribution in [0.25, 0.3) is 0 Å². The normalized spacial score (nSPS) is 24.4. The van der Waals surface area contributed by atoms with Crippen LogP contribution in [0.15, 0.2) is 18.2 Å². The second-order valence-electron chi connectivity index (χ2n) is 4.72. The molecule has 17 heavy (non-hydrogen) atoms. The summed E-state index contributed by atoms with van der Waals surface area (Å²) in [7, 11) is 0. The van der Waals surface area contributed by atoms with Crippen LogP contribution < -0.4 is 5.32 Å². The van der Waals surface area contributed by atoms with Crippen LogP contribution in [0, 0.1) is 17.6 Å². The summed E-state index contributed by atoms with van der Waals surface area (Å²) in [5, 5.41) is 3.06. The smallest absolute Gasteiger partial charge is 0.142 e. The summed E-state index contributed by atoms with van der Waals surface area (Å²) in [6, 6.07) is 3.46. The third kappa shape index (κ3) is 2.32. The van der Waals surface area contributed by atoms with E-state index in [2.05, 4.69) is 5.32 Å². The average molecular weight is 243 g/mol. The van der Waals surface area contributed by atoms with Gasteiger partial charge in [-0.25, -0.2) is 13.2 Å². The highest BCUT2D eigenvalue weighted by molar-refractivity contribution is 5.27.